The van der Waals surface area contributed by atoms with Crippen LogP contribution < -0.4 is 9.47 Å². The molecule has 0 aliphatic carbocycles. The molecule has 0 bridgehead atoms. The highest BCUT2D eigenvalue weighted by molar-refractivity contribution is 5.92. The number of ether oxygens (including phenoxy) is 2. The summed E-state index contributed by atoms with van der Waals surface area (Å²) in [7, 11) is 1.75. The second-order valence-corrected chi connectivity index (χ2v) is 7.43. The Balaban J connectivity index is 1.34. The molecule has 1 atom stereocenters. The number of hydrogen-bond acceptors (Lipinski definition) is 5. The number of aryl methyl sites for hydroxylation is 2. The van der Waals surface area contributed by atoms with Crippen LogP contribution in [0, 0.1) is 13.8 Å². The van der Waals surface area contributed by atoms with Crippen LogP contribution in [0.1, 0.15) is 32.9 Å². The van der Waals surface area contributed by atoms with Crippen molar-refractivity contribution >= 4 is 5.91 Å². The summed E-state index contributed by atoms with van der Waals surface area (Å²) in [5.41, 5.74) is 3.55. The van der Waals surface area contributed by atoms with Crippen LogP contribution in [0.25, 0.3) is 0 Å². The smallest absolute Gasteiger partial charge is 0.275 e. The molecule has 0 N–H and O–H groups in total. The molecule has 6 nitrogen and oxygen atoms in total. The van der Waals surface area contributed by atoms with Gasteiger partial charge in [-0.1, -0.05) is 41.6 Å². The minimum atomic E-state index is -0.202. The maximum atomic E-state index is 12.7. The molecule has 1 amide bonds. The zero-order chi connectivity index (χ0) is 20.4. The number of amides is 1. The molecule has 1 aliphatic heterocycles. The molecule has 4 rings (SSSR count). The fourth-order valence-corrected chi connectivity index (χ4v) is 3.59. The van der Waals surface area contributed by atoms with E-state index in [1.165, 1.54) is 5.56 Å². The van der Waals surface area contributed by atoms with Crippen LogP contribution in [-0.4, -0.2) is 35.7 Å². The first-order valence-electron chi connectivity index (χ1n) is 9.66. The number of nitrogens with zero attached hydrogens (tertiary/aromatic N) is 2. The van der Waals surface area contributed by atoms with Crippen LogP contribution in [0.2, 0.25) is 0 Å². The van der Waals surface area contributed by atoms with Crippen LogP contribution in [0.5, 0.6) is 11.5 Å². The molecule has 0 unspecified atom stereocenters. The number of carbonyl (C=O) groups excluding carboxylic acids is 1. The maximum Gasteiger partial charge on any atom is 0.275 e. The molecule has 0 saturated carbocycles. The van der Waals surface area contributed by atoms with Gasteiger partial charge in [0, 0.05) is 19.5 Å². The fourth-order valence-electron chi connectivity index (χ4n) is 3.59. The largest absolute Gasteiger partial charge is 0.488 e. The summed E-state index contributed by atoms with van der Waals surface area (Å²) in [6.45, 7) is 4.69. The Labute approximate surface area is 170 Å². The molecule has 2 aromatic carbocycles. The molecule has 6 heteroatoms. The van der Waals surface area contributed by atoms with E-state index in [1.807, 2.05) is 50.2 Å². The Morgan fingerprint density at radius 1 is 1.17 bits per heavy atom. The van der Waals surface area contributed by atoms with Gasteiger partial charge in [0.15, 0.2) is 11.5 Å². The first-order valence-corrected chi connectivity index (χ1v) is 9.66. The predicted octanol–water partition coefficient (Wildman–Crippen LogP) is 3.95. The van der Waals surface area contributed by atoms with Crippen LogP contribution in [0.4, 0.5) is 0 Å². The SMILES string of the molecule is Cc1cccc(C)c1OCc1cc(C(=O)N(C)C[C@H]2Cc3ccccc3O2)no1. The summed E-state index contributed by atoms with van der Waals surface area (Å²) in [6.07, 6.45) is 0.738. The summed E-state index contributed by atoms with van der Waals surface area (Å²) in [4.78, 5) is 14.3. The van der Waals surface area contributed by atoms with Crippen LogP contribution in [0.3, 0.4) is 0 Å². The van der Waals surface area contributed by atoms with E-state index < -0.39 is 0 Å². The molecule has 3 aromatic rings. The van der Waals surface area contributed by atoms with Crippen molar-refractivity contribution in [3.8, 4) is 11.5 Å². The van der Waals surface area contributed by atoms with Gasteiger partial charge in [0.1, 0.15) is 24.2 Å². The maximum absolute atomic E-state index is 12.7. The van der Waals surface area contributed by atoms with Gasteiger partial charge in [0.2, 0.25) is 0 Å². The Morgan fingerprint density at radius 2 is 1.93 bits per heavy atom. The molecule has 1 aromatic heterocycles. The van der Waals surface area contributed by atoms with Gasteiger partial charge in [-0.15, -0.1) is 0 Å². The van der Waals surface area contributed by atoms with Crippen LogP contribution in [0.15, 0.2) is 53.1 Å². The Hall–Kier alpha value is -3.28. The van der Waals surface area contributed by atoms with E-state index in [0.29, 0.717) is 12.3 Å². The van der Waals surface area contributed by atoms with Gasteiger partial charge in [-0.2, -0.15) is 0 Å². The molecule has 2 heterocycles. The van der Waals surface area contributed by atoms with E-state index >= 15 is 0 Å². The van der Waals surface area contributed by atoms with Gasteiger partial charge >= 0.3 is 0 Å². The lowest BCUT2D eigenvalue weighted by Gasteiger charge is -2.20. The third-order valence-electron chi connectivity index (χ3n) is 5.08. The molecule has 0 radical (unpaired) electrons. The Morgan fingerprint density at radius 3 is 2.69 bits per heavy atom. The van der Waals surface area contributed by atoms with Crippen LogP contribution in [-0.2, 0) is 13.0 Å². The Bertz CT molecular complexity index is 982. The van der Waals surface area contributed by atoms with Crippen molar-refractivity contribution in [2.45, 2.75) is 33.0 Å². The van der Waals surface area contributed by atoms with Gasteiger partial charge in [-0.05, 0) is 36.6 Å². The second-order valence-electron chi connectivity index (χ2n) is 7.43. The van der Waals surface area contributed by atoms with Crippen molar-refractivity contribution in [3.05, 3.63) is 76.7 Å². The van der Waals surface area contributed by atoms with Crippen molar-refractivity contribution in [1.29, 1.82) is 0 Å². The van der Waals surface area contributed by atoms with Crippen LogP contribution >= 0.6 is 0 Å². The summed E-state index contributed by atoms with van der Waals surface area (Å²) in [6, 6.07) is 15.6. The predicted molar refractivity (Wildman–Crippen MR) is 108 cm³/mol. The molecular weight excluding hydrogens is 368 g/mol. The van der Waals surface area contributed by atoms with E-state index in [-0.39, 0.29) is 24.3 Å². The number of rotatable bonds is 6. The van der Waals surface area contributed by atoms with Crippen molar-refractivity contribution in [3.63, 3.8) is 0 Å². The highest BCUT2D eigenvalue weighted by atomic mass is 16.5. The van der Waals surface area contributed by atoms with Crippen molar-refractivity contribution in [2.75, 3.05) is 13.6 Å². The number of hydrogen-bond donors (Lipinski definition) is 0. The molecule has 0 spiro atoms. The monoisotopic (exact) mass is 392 g/mol. The van der Waals surface area contributed by atoms with E-state index in [2.05, 4.69) is 11.2 Å². The lowest BCUT2D eigenvalue weighted by molar-refractivity contribution is 0.0720. The minimum Gasteiger partial charge on any atom is -0.488 e. The quantitative estimate of drug-likeness (QED) is 0.636. The molecule has 29 heavy (non-hydrogen) atoms. The van der Waals surface area contributed by atoms with E-state index in [1.54, 1.807) is 18.0 Å². The van der Waals surface area contributed by atoms with Gasteiger partial charge in [0.05, 0.1) is 6.54 Å². The molecule has 150 valence electrons. The minimum absolute atomic E-state index is 0.0555. The van der Waals surface area contributed by atoms with Crippen molar-refractivity contribution < 1.29 is 18.8 Å². The van der Waals surface area contributed by atoms with Gasteiger partial charge in [0.25, 0.3) is 5.91 Å². The molecule has 0 fully saturated rings. The number of benzene rings is 2. The van der Waals surface area contributed by atoms with E-state index in [4.69, 9.17) is 14.0 Å². The van der Waals surface area contributed by atoms with E-state index in [0.717, 1.165) is 29.0 Å². The summed E-state index contributed by atoms with van der Waals surface area (Å²) < 4.78 is 17.1. The zero-order valence-electron chi connectivity index (χ0n) is 16.8. The zero-order valence-corrected chi connectivity index (χ0v) is 16.8. The highest BCUT2D eigenvalue weighted by Crippen LogP contribution is 2.28. The number of carbonyl (C=O) groups is 1. The average molecular weight is 392 g/mol. The first kappa shape index (κ1) is 19.1. The number of likely N-dealkylation sites (N-methyl/N-ethyl adjacent to an activating group) is 1. The topological polar surface area (TPSA) is 64.8 Å². The number of fused-ring (bicyclic) bond motifs is 1. The molecular formula is C23H24N2O4. The first-order chi connectivity index (χ1) is 14.0. The Kier molecular flexibility index (Phi) is 5.25. The standard InChI is InChI=1S/C23H24N2O4/c1-15-7-6-8-16(2)22(15)27-14-19-12-20(24-29-19)23(26)25(3)13-18-11-17-9-4-5-10-21(17)28-18/h4-10,12,18H,11,13-14H2,1-3H3/t18-/m1/s1. The second kappa shape index (κ2) is 7.99. The van der Waals surface area contributed by atoms with E-state index in [9.17, 15) is 4.79 Å². The van der Waals surface area contributed by atoms with Crippen molar-refractivity contribution in [2.24, 2.45) is 0 Å². The third kappa shape index (κ3) is 4.11. The summed E-state index contributed by atoms with van der Waals surface area (Å²) in [5.74, 6) is 2.03. The third-order valence-corrected chi connectivity index (χ3v) is 5.08. The van der Waals surface area contributed by atoms with Gasteiger partial charge in [-0.25, -0.2) is 0 Å². The molecule has 0 saturated heterocycles. The summed E-state index contributed by atoms with van der Waals surface area (Å²) in [5, 5.41) is 3.92. The average Bonchev–Trinajstić information content (AvgIpc) is 3.33. The normalized spacial score (nSPS) is 14.9. The van der Waals surface area contributed by atoms with Gasteiger partial charge in [-0.3, -0.25) is 4.79 Å². The van der Waals surface area contributed by atoms with Crippen molar-refractivity contribution in [1.82, 2.24) is 10.1 Å². The lowest BCUT2D eigenvalue weighted by atomic mass is 10.1. The fraction of sp³-hybridized carbons (Fsp3) is 0.304. The molecule has 1 aliphatic rings. The lowest BCUT2D eigenvalue weighted by Crippen LogP contribution is -2.36. The summed E-state index contributed by atoms with van der Waals surface area (Å²) >= 11 is 0. The number of para-hydroxylation sites is 2. The van der Waals surface area contributed by atoms with Gasteiger partial charge < -0.3 is 18.9 Å². The number of aromatic nitrogens is 1. The highest BCUT2D eigenvalue weighted by Gasteiger charge is 2.26.